The van der Waals surface area contributed by atoms with Crippen LogP contribution in [-0.2, 0) is 11.2 Å². The fourth-order valence-electron chi connectivity index (χ4n) is 4.69. The Morgan fingerprint density at radius 3 is 2.44 bits per heavy atom. The van der Waals surface area contributed by atoms with Crippen molar-refractivity contribution in [2.45, 2.75) is 18.9 Å². The van der Waals surface area contributed by atoms with Crippen LogP contribution in [0.5, 0.6) is 5.75 Å². The molecule has 2 saturated heterocycles. The molecule has 3 atom stereocenters. The summed E-state index contributed by atoms with van der Waals surface area (Å²) < 4.78 is 0. The fraction of sp³-hybridized carbons (Fsp3) is 0.409. The Labute approximate surface area is 167 Å². The summed E-state index contributed by atoms with van der Waals surface area (Å²) in [6, 6.07) is 18.2. The number of nitrogens with zero attached hydrogens (tertiary/aromatic N) is 2. The van der Waals surface area contributed by atoms with E-state index in [0.29, 0.717) is 24.3 Å². The minimum Gasteiger partial charge on any atom is -0.508 e. The Bertz CT molecular complexity index is 766. The van der Waals surface area contributed by atoms with Crippen LogP contribution < -0.4 is 0 Å². The van der Waals surface area contributed by atoms with Gasteiger partial charge < -0.3 is 10.0 Å². The number of aromatic hydroxyl groups is 1. The van der Waals surface area contributed by atoms with E-state index in [4.69, 9.17) is 0 Å². The van der Waals surface area contributed by atoms with Crippen molar-refractivity contribution in [3.63, 3.8) is 0 Å². The van der Waals surface area contributed by atoms with E-state index < -0.39 is 0 Å². The summed E-state index contributed by atoms with van der Waals surface area (Å²) >= 11 is 0. The predicted molar refractivity (Wildman–Crippen MR) is 109 cm³/mol. The Kier molecular flexibility index (Phi) is 6.08. The van der Waals surface area contributed by atoms with E-state index in [-0.39, 0.29) is 24.1 Å². The number of hydrogen-bond donors (Lipinski definition) is 1. The lowest BCUT2D eigenvalue weighted by atomic mass is 9.90. The van der Waals surface area contributed by atoms with E-state index in [1.54, 1.807) is 12.1 Å². The number of hydrogen-bond acceptors (Lipinski definition) is 3. The molecule has 1 N–H and O–H groups in total. The molecule has 0 spiro atoms. The average Bonchev–Trinajstić information content (AvgIpc) is 3.18. The van der Waals surface area contributed by atoms with E-state index in [1.165, 1.54) is 5.56 Å². The van der Waals surface area contributed by atoms with Crippen LogP contribution in [0.15, 0.2) is 54.6 Å². The maximum atomic E-state index is 12.7. The second-order valence-electron chi connectivity index (χ2n) is 7.68. The second-order valence-corrected chi connectivity index (χ2v) is 7.68. The summed E-state index contributed by atoms with van der Waals surface area (Å²) in [5.41, 5.74) is 2.46. The van der Waals surface area contributed by atoms with Crippen LogP contribution in [0.2, 0.25) is 0 Å². The van der Waals surface area contributed by atoms with Gasteiger partial charge in [-0.05, 0) is 42.6 Å². The third kappa shape index (κ3) is 4.12. The van der Waals surface area contributed by atoms with Gasteiger partial charge in [-0.3, -0.25) is 9.69 Å². The van der Waals surface area contributed by atoms with E-state index >= 15 is 0 Å². The van der Waals surface area contributed by atoms with Crippen molar-refractivity contribution in [2.24, 2.45) is 11.8 Å². The Morgan fingerprint density at radius 2 is 1.74 bits per heavy atom. The molecule has 0 aliphatic carbocycles. The molecule has 0 aromatic heterocycles. The molecule has 2 aromatic rings. The maximum absolute atomic E-state index is 12.7. The summed E-state index contributed by atoms with van der Waals surface area (Å²) in [5, 5.41) is 9.36. The molecule has 2 heterocycles. The van der Waals surface area contributed by atoms with Gasteiger partial charge >= 0.3 is 0 Å². The van der Waals surface area contributed by atoms with Crippen LogP contribution in [0.1, 0.15) is 23.6 Å². The smallest absolute Gasteiger partial charge is 0.222 e. The molecule has 144 valence electrons. The molecular formula is C22H27ClN2O2. The highest BCUT2D eigenvalue weighted by atomic mass is 35.5. The molecule has 0 unspecified atom stereocenters. The minimum absolute atomic E-state index is 0. The van der Waals surface area contributed by atoms with Crippen molar-refractivity contribution >= 4 is 18.3 Å². The van der Waals surface area contributed by atoms with Crippen LogP contribution in [0, 0.1) is 11.8 Å². The van der Waals surface area contributed by atoms with Gasteiger partial charge in [0.25, 0.3) is 0 Å². The molecule has 0 bridgehead atoms. The van der Waals surface area contributed by atoms with Crippen molar-refractivity contribution in [1.29, 1.82) is 0 Å². The topological polar surface area (TPSA) is 43.8 Å². The minimum atomic E-state index is 0. The highest BCUT2D eigenvalue weighted by Crippen LogP contribution is 2.44. The molecule has 2 aliphatic rings. The zero-order valence-corrected chi connectivity index (χ0v) is 16.4. The molecule has 27 heavy (non-hydrogen) atoms. The standard InChI is InChI=1S/C22H26N2O2.ClH/c1-23-13-18-14-24(15-20(18)22(23)17-5-3-2-4-6-17)21(26)12-9-16-7-10-19(25)11-8-16;/h2-8,10-11,18,20,22,25H,9,12-15H2,1H3;1H/t18-,20+,22-;/m0./s1. The zero-order chi connectivity index (χ0) is 18.1. The van der Waals surface area contributed by atoms with Gasteiger partial charge in [-0.1, -0.05) is 42.5 Å². The van der Waals surface area contributed by atoms with E-state index in [9.17, 15) is 9.90 Å². The first-order valence-corrected chi connectivity index (χ1v) is 9.42. The summed E-state index contributed by atoms with van der Waals surface area (Å²) in [7, 11) is 2.20. The first-order valence-electron chi connectivity index (χ1n) is 9.42. The largest absolute Gasteiger partial charge is 0.508 e. The number of phenols is 1. The van der Waals surface area contributed by atoms with Gasteiger partial charge in [0.1, 0.15) is 5.75 Å². The van der Waals surface area contributed by atoms with Crippen LogP contribution in [0.25, 0.3) is 0 Å². The van der Waals surface area contributed by atoms with Gasteiger partial charge in [0.2, 0.25) is 5.91 Å². The van der Waals surface area contributed by atoms with Crippen molar-refractivity contribution in [2.75, 3.05) is 26.7 Å². The van der Waals surface area contributed by atoms with Gasteiger partial charge in [-0.2, -0.15) is 0 Å². The number of carbonyl (C=O) groups is 1. The first-order chi connectivity index (χ1) is 12.6. The monoisotopic (exact) mass is 386 g/mol. The van der Waals surface area contributed by atoms with Gasteiger partial charge in [-0.15, -0.1) is 12.4 Å². The number of amides is 1. The number of aryl methyl sites for hydroxylation is 1. The fourth-order valence-corrected chi connectivity index (χ4v) is 4.69. The normalized spacial score (nSPS) is 24.5. The first kappa shape index (κ1) is 19.7. The molecule has 1 amide bonds. The van der Waals surface area contributed by atoms with Gasteiger partial charge in [0, 0.05) is 38.0 Å². The maximum Gasteiger partial charge on any atom is 0.222 e. The number of benzene rings is 2. The van der Waals surface area contributed by atoms with Crippen molar-refractivity contribution in [3.8, 4) is 5.75 Å². The molecular weight excluding hydrogens is 360 g/mol. The summed E-state index contributed by atoms with van der Waals surface area (Å²) in [4.78, 5) is 17.2. The number of likely N-dealkylation sites (tertiary alicyclic amines) is 2. The molecule has 2 fully saturated rings. The zero-order valence-electron chi connectivity index (χ0n) is 15.6. The number of carbonyl (C=O) groups excluding carboxylic acids is 1. The predicted octanol–water partition coefficient (Wildman–Crippen LogP) is 3.51. The summed E-state index contributed by atoms with van der Waals surface area (Å²) in [6.45, 7) is 2.81. The van der Waals surface area contributed by atoms with E-state index in [1.807, 2.05) is 12.1 Å². The number of halogens is 1. The average molecular weight is 387 g/mol. The second kappa shape index (κ2) is 8.32. The van der Waals surface area contributed by atoms with Crippen LogP contribution in [0.4, 0.5) is 0 Å². The van der Waals surface area contributed by atoms with Crippen LogP contribution >= 0.6 is 12.4 Å². The van der Waals surface area contributed by atoms with Crippen molar-refractivity contribution < 1.29 is 9.90 Å². The Morgan fingerprint density at radius 1 is 1.04 bits per heavy atom. The SMILES string of the molecule is CN1C[C@H]2CN(C(=O)CCc3ccc(O)cc3)C[C@H]2[C@@H]1c1ccccc1.Cl. The van der Waals surface area contributed by atoms with Crippen LogP contribution in [-0.4, -0.2) is 47.5 Å². The molecule has 5 heteroatoms. The summed E-state index contributed by atoms with van der Waals surface area (Å²) in [5.74, 6) is 1.62. The summed E-state index contributed by atoms with van der Waals surface area (Å²) in [6.07, 6.45) is 1.27. The lowest BCUT2D eigenvalue weighted by molar-refractivity contribution is -0.130. The van der Waals surface area contributed by atoms with Crippen molar-refractivity contribution in [1.82, 2.24) is 9.80 Å². The third-order valence-corrected chi connectivity index (χ3v) is 5.95. The van der Waals surface area contributed by atoms with Gasteiger partial charge in [0.15, 0.2) is 0 Å². The number of rotatable bonds is 4. The number of phenolic OH excluding ortho intramolecular Hbond substituents is 1. The van der Waals surface area contributed by atoms with Gasteiger partial charge in [0.05, 0.1) is 0 Å². The van der Waals surface area contributed by atoms with E-state index in [0.717, 1.165) is 31.6 Å². The third-order valence-electron chi connectivity index (χ3n) is 5.95. The number of fused-ring (bicyclic) bond motifs is 1. The Balaban J connectivity index is 0.00000210. The molecule has 0 radical (unpaired) electrons. The highest BCUT2D eigenvalue weighted by molar-refractivity contribution is 5.85. The van der Waals surface area contributed by atoms with Crippen molar-refractivity contribution in [3.05, 3.63) is 65.7 Å². The molecule has 2 aromatic carbocycles. The molecule has 4 nitrogen and oxygen atoms in total. The lowest BCUT2D eigenvalue weighted by Gasteiger charge is -2.27. The van der Waals surface area contributed by atoms with Crippen LogP contribution in [0.3, 0.4) is 0 Å². The van der Waals surface area contributed by atoms with Gasteiger partial charge in [-0.25, -0.2) is 0 Å². The highest BCUT2D eigenvalue weighted by Gasteiger charge is 2.46. The lowest BCUT2D eigenvalue weighted by Crippen LogP contribution is -2.33. The quantitative estimate of drug-likeness (QED) is 0.874. The van der Waals surface area contributed by atoms with E-state index in [2.05, 4.69) is 47.2 Å². The molecule has 0 saturated carbocycles. The molecule has 4 rings (SSSR count). The molecule has 2 aliphatic heterocycles. The Hall–Kier alpha value is -2.04.